The number of hydrogen-bond acceptors (Lipinski definition) is 3. The number of halogens is 1. The van der Waals surface area contributed by atoms with E-state index in [4.69, 9.17) is 9.84 Å². The molecule has 0 spiro atoms. The van der Waals surface area contributed by atoms with Gasteiger partial charge >= 0.3 is 5.97 Å². The third kappa shape index (κ3) is 2.61. The van der Waals surface area contributed by atoms with E-state index in [1.807, 2.05) is 0 Å². The van der Waals surface area contributed by atoms with Crippen LogP contribution in [-0.2, 0) is 4.74 Å². The lowest BCUT2D eigenvalue weighted by molar-refractivity contribution is 0.0696. The van der Waals surface area contributed by atoms with Crippen LogP contribution in [0, 0.1) is 5.82 Å². The molecule has 1 aromatic rings. The number of hydrogen-bond donors (Lipinski definition) is 1. The van der Waals surface area contributed by atoms with E-state index in [-0.39, 0.29) is 17.4 Å². The summed E-state index contributed by atoms with van der Waals surface area (Å²) in [5.74, 6) is -1.64. The van der Waals surface area contributed by atoms with E-state index in [1.54, 1.807) is 11.9 Å². The second-order valence-electron chi connectivity index (χ2n) is 4.46. The van der Waals surface area contributed by atoms with Crippen molar-refractivity contribution in [2.24, 2.45) is 0 Å². The molecule has 0 saturated carbocycles. The molecule has 0 bridgehead atoms. The largest absolute Gasteiger partial charge is 0.478 e. The first-order valence-electron chi connectivity index (χ1n) is 5.94. The van der Waals surface area contributed by atoms with Crippen molar-refractivity contribution in [1.29, 1.82) is 0 Å². The third-order valence-electron chi connectivity index (χ3n) is 3.10. The average Bonchev–Trinajstić information content (AvgIpc) is 2.81. The summed E-state index contributed by atoms with van der Waals surface area (Å²) in [6.45, 7) is 1.22. The van der Waals surface area contributed by atoms with Crippen LogP contribution in [0.1, 0.15) is 23.2 Å². The van der Waals surface area contributed by atoms with Gasteiger partial charge in [0.05, 0.1) is 17.4 Å². The molecule has 1 aromatic carbocycles. The maximum absolute atomic E-state index is 13.8. The average molecular weight is 253 g/mol. The topological polar surface area (TPSA) is 49.8 Å². The molecule has 2 rings (SSSR count). The van der Waals surface area contributed by atoms with Gasteiger partial charge in [-0.15, -0.1) is 0 Å². The van der Waals surface area contributed by atoms with Gasteiger partial charge in [0.25, 0.3) is 0 Å². The molecule has 1 aliphatic rings. The lowest BCUT2D eigenvalue weighted by Gasteiger charge is -2.24. The van der Waals surface area contributed by atoms with E-state index in [9.17, 15) is 9.18 Å². The van der Waals surface area contributed by atoms with Crippen molar-refractivity contribution < 1.29 is 19.0 Å². The molecule has 1 unspecified atom stereocenters. The molecule has 0 aromatic heterocycles. The summed E-state index contributed by atoms with van der Waals surface area (Å²) >= 11 is 0. The van der Waals surface area contributed by atoms with Crippen LogP contribution in [0.5, 0.6) is 0 Å². The Morgan fingerprint density at radius 1 is 1.61 bits per heavy atom. The van der Waals surface area contributed by atoms with Crippen molar-refractivity contribution in [3.63, 3.8) is 0 Å². The normalized spacial score (nSPS) is 18.9. The molecule has 5 heteroatoms. The third-order valence-corrected chi connectivity index (χ3v) is 3.10. The van der Waals surface area contributed by atoms with Gasteiger partial charge in [-0.25, -0.2) is 9.18 Å². The summed E-state index contributed by atoms with van der Waals surface area (Å²) < 4.78 is 19.3. The Hall–Kier alpha value is -1.62. The summed E-state index contributed by atoms with van der Waals surface area (Å²) in [5.41, 5.74) is 0.107. The van der Waals surface area contributed by atoms with Crippen LogP contribution in [0.25, 0.3) is 0 Å². The molecule has 18 heavy (non-hydrogen) atoms. The highest BCUT2D eigenvalue weighted by Crippen LogP contribution is 2.25. The fourth-order valence-corrected chi connectivity index (χ4v) is 2.26. The van der Waals surface area contributed by atoms with Crippen molar-refractivity contribution in [3.8, 4) is 0 Å². The van der Waals surface area contributed by atoms with E-state index < -0.39 is 11.8 Å². The van der Waals surface area contributed by atoms with Crippen molar-refractivity contribution in [1.82, 2.24) is 0 Å². The van der Waals surface area contributed by atoms with Gasteiger partial charge in [-0.2, -0.15) is 0 Å². The van der Waals surface area contributed by atoms with E-state index in [0.717, 1.165) is 19.4 Å². The van der Waals surface area contributed by atoms with Crippen LogP contribution in [0.15, 0.2) is 18.2 Å². The van der Waals surface area contributed by atoms with Crippen molar-refractivity contribution in [3.05, 3.63) is 29.6 Å². The fraction of sp³-hybridized carbons (Fsp3) is 0.462. The van der Waals surface area contributed by atoms with Crippen molar-refractivity contribution >= 4 is 11.7 Å². The van der Waals surface area contributed by atoms with Gasteiger partial charge in [0, 0.05) is 20.2 Å². The highest BCUT2D eigenvalue weighted by atomic mass is 19.1. The first-order chi connectivity index (χ1) is 8.59. The van der Waals surface area contributed by atoms with Gasteiger partial charge in [0.15, 0.2) is 0 Å². The number of likely N-dealkylation sites (N-methyl/N-ethyl adjacent to an activating group) is 1. The number of carbonyl (C=O) groups is 1. The van der Waals surface area contributed by atoms with Crippen LogP contribution in [0.2, 0.25) is 0 Å². The number of rotatable bonds is 4. The van der Waals surface area contributed by atoms with Crippen molar-refractivity contribution in [2.45, 2.75) is 18.9 Å². The SMILES string of the molecule is CN(CC1CCCO1)c1c(F)cccc1C(=O)O. The molecule has 0 radical (unpaired) electrons. The Bertz CT molecular complexity index is 444. The van der Waals surface area contributed by atoms with E-state index in [2.05, 4.69) is 0 Å². The summed E-state index contributed by atoms with van der Waals surface area (Å²) in [5, 5.41) is 9.08. The van der Waals surface area contributed by atoms with E-state index in [1.165, 1.54) is 18.2 Å². The standard InChI is InChI=1S/C13H16FNO3/c1-15(8-9-4-3-7-18-9)12-10(13(16)17)5-2-6-11(12)14/h2,5-6,9H,3-4,7-8H2,1H3,(H,16,17). The van der Waals surface area contributed by atoms with Crippen LogP contribution in [0.4, 0.5) is 10.1 Å². The first kappa shape index (κ1) is 12.8. The molecular formula is C13H16FNO3. The summed E-state index contributed by atoms with van der Waals surface area (Å²) in [7, 11) is 1.69. The van der Waals surface area contributed by atoms with Gasteiger partial charge in [-0.3, -0.25) is 0 Å². The molecule has 1 aliphatic heterocycles. The molecule has 1 atom stereocenters. The fourth-order valence-electron chi connectivity index (χ4n) is 2.26. The highest BCUT2D eigenvalue weighted by molar-refractivity contribution is 5.94. The Morgan fingerprint density at radius 3 is 3.00 bits per heavy atom. The monoisotopic (exact) mass is 253 g/mol. The summed E-state index contributed by atoms with van der Waals surface area (Å²) in [4.78, 5) is 12.7. The van der Waals surface area contributed by atoms with Crippen LogP contribution in [-0.4, -0.2) is 37.4 Å². The van der Waals surface area contributed by atoms with Gasteiger partial charge in [0.1, 0.15) is 5.82 Å². The minimum Gasteiger partial charge on any atom is -0.478 e. The van der Waals surface area contributed by atoms with Gasteiger partial charge in [-0.05, 0) is 25.0 Å². The molecule has 1 N–H and O–H groups in total. The number of anilines is 1. The number of benzene rings is 1. The maximum Gasteiger partial charge on any atom is 0.337 e. The zero-order valence-electron chi connectivity index (χ0n) is 10.2. The number of carboxylic acid groups (broad SMARTS) is 1. The molecule has 1 saturated heterocycles. The molecule has 1 heterocycles. The summed E-state index contributed by atoms with van der Waals surface area (Å²) in [6.07, 6.45) is 1.99. The zero-order valence-corrected chi connectivity index (χ0v) is 10.2. The quantitative estimate of drug-likeness (QED) is 0.893. The minimum absolute atomic E-state index is 0.0181. The Morgan fingerprint density at radius 2 is 2.39 bits per heavy atom. The van der Waals surface area contributed by atoms with E-state index >= 15 is 0 Å². The Labute approximate surface area is 105 Å². The predicted molar refractivity (Wildman–Crippen MR) is 65.6 cm³/mol. The predicted octanol–water partition coefficient (Wildman–Crippen LogP) is 2.14. The Kier molecular flexibility index (Phi) is 3.81. The first-order valence-corrected chi connectivity index (χ1v) is 5.94. The minimum atomic E-state index is -1.12. The number of ether oxygens (including phenoxy) is 1. The Balaban J connectivity index is 2.22. The number of nitrogens with zero attached hydrogens (tertiary/aromatic N) is 1. The summed E-state index contributed by atoms with van der Waals surface area (Å²) in [6, 6.07) is 4.09. The number of aromatic carboxylic acids is 1. The van der Waals surface area contributed by atoms with Crippen LogP contribution < -0.4 is 4.90 Å². The van der Waals surface area contributed by atoms with Gasteiger partial charge in [0.2, 0.25) is 0 Å². The van der Waals surface area contributed by atoms with Crippen LogP contribution in [0.3, 0.4) is 0 Å². The lowest BCUT2D eigenvalue weighted by atomic mass is 10.1. The second kappa shape index (κ2) is 5.35. The molecule has 98 valence electrons. The second-order valence-corrected chi connectivity index (χ2v) is 4.46. The van der Waals surface area contributed by atoms with Crippen LogP contribution >= 0.6 is 0 Å². The number of para-hydroxylation sites is 1. The molecule has 4 nitrogen and oxygen atoms in total. The molecular weight excluding hydrogens is 237 g/mol. The lowest BCUT2D eigenvalue weighted by Crippen LogP contribution is -2.30. The maximum atomic E-state index is 13.8. The van der Waals surface area contributed by atoms with E-state index in [0.29, 0.717) is 6.54 Å². The number of carboxylic acids is 1. The van der Waals surface area contributed by atoms with Crippen molar-refractivity contribution in [2.75, 3.05) is 25.1 Å². The molecule has 1 fully saturated rings. The highest BCUT2D eigenvalue weighted by Gasteiger charge is 2.22. The molecule has 0 aliphatic carbocycles. The van der Waals surface area contributed by atoms with Gasteiger partial charge in [-0.1, -0.05) is 6.07 Å². The molecule has 0 amide bonds. The van der Waals surface area contributed by atoms with Gasteiger partial charge < -0.3 is 14.7 Å². The smallest absolute Gasteiger partial charge is 0.337 e. The zero-order chi connectivity index (χ0) is 13.1.